The third-order valence-corrected chi connectivity index (χ3v) is 4.16. The van der Waals surface area contributed by atoms with Crippen molar-refractivity contribution in [3.63, 3.8) is 0 Å². The Hall–Kier alpha value is -3.74. The topological polar surface area (TPSA) is 90.3 Å². The van der Waals surface area contributed by atoms with Crippen LogP contribution in [0, 0.1) is 6.92 Å². The quantitative estimate of drug-likeness (QED) is 0.691. The highest BCUT2D eigenvalue weighted by Crippen LogP contribution is 2.15. The first-order valence-electron chi connectivity index (χ1n) is 8.60. The zero-order valence-corrected chi connectivity index (χ0v) is 15.5. The number of methoxy groups -OCH3 is 1. The van der Waals surface area contributed by atoms with Crippen LogP contribution in [-0.2, 0) is 16.1 Å². The molecule has 0 bridgehead atoms. The van der Waals surface area contributed by atoms with Crippen LogP contribution in [-0.4, -0.2) is 28.5 Å². The van der Waals surface area contributed by atoms with Crippen LogP contribution >= 0.6 is 0 Å². The van der Waals surface area contributed by atoms with Crippen LogP contribution in [0.4, 0.5) is 5.69 Å². The number of hydrogen-bond acceptors (Lipinski definition) is 5. The number of benzene rings is 2. The lowest BCUT2D eigenvalue weighted by Crippen LogP contribution is -2.29. The summed E-state index contributed by atoms with van der Waals surface area (Å²) in [6.45, 7) is 1.53. The number of aryl methyl sites for hydroxylation is 1. The fourth-order valence-electron chi connectivity index (χ4n) is 2.72. The molecule has 2 aromatic carbocycles. The van der Waals surface area contributed by atoms with E-state index in [0.29, 0.717) is 22.8 Å². The molecule has 7 nitrogen and oxygen atoms in total. The number of aromatic nitrogens is 2. The normalized spacial score (nSPS) is 10.4. The number of esters is 1. The van der Waals surface area contributed by atoms with Gasteiger partial charge in [0, 0.05) is 17.3 Å². The molecule has 0 radical (unpaired) electrons. The van der Waals surface area contributed by atoms with E-state index < -0.39 is 5.97 Å². The van der Waals surface area contributed by atoms with Crippen molar-refractivity contribution >= 4 is 17.6 Å². The predicted octanol–water partition coefficient (Wildman–Crippen LogP) is 2.64. The number of ether oxygens (including phenoxy) is 1. The van der Waals surface area contributed by atoms with Gasteiger partial charge in [-0.05, 0) is 31.2 Å². The van der Waals surface area contributed by atoms with Gasteiger partial charge in [0.05, 0.1) is 18.4 Å². The van der Waals surface area contributed by atoms with Gasteiger partial charge < -0.3 is 10.1 Å². The first kappa shape index (κ1) is 19.0. The predicted molar refractivity (Wildman–Crippen MR) is 105 cm³/mol. The fourth-order valence-corrected chi connectivity index (χ4v) is 2.72. The molecule has 7 heteroatoms. The lowest BCUT2D eigenvalue weighted by Gasteiger charge is -2.11. The van der Waals surface area contributed by atoms with Crippen molar-refractivity contribution in [2.45, 2.75) is 13.5 Å². The summed E-state index contributed by atoms with van der Waals surface area (Å²) in [5.74, 6) is -0.377. The molecule has 1 amide bonds. The van der Waals surface area contributed by atoms with E-state index in [1.165, 1.54) is 17.7 Å². The molecule has 28 heavy (non-hydrogen) atoms. The second-order valence-electron chi connectivity index (χ2n) is 6.10. The molecule has 0 aliphatic heterocycles. The summed E-state index contributed by atoms with van der Waals surface area (Å²) in [5, 5.41) is 2.70. The average molecular weight is 377 g/mol. The van der Waals surface area contributed by atoms with E-state index in [-0.39, 0.29) is 18.0 Å². The largest absolute Gasteiger partial charge is 0.465 e. The summed E-state index contributed by atoms with van der Waals surface area (Å²) < 4.78 is 5.94. The average Bonchev–Trinajstić information content (AvgIpc) is 2.71. The Labute approximate surface area is 161 Å². The highest BCUT2D eigenvalue weighted by molar-refractivity contribution is 5.93. The summed E-state index contributed by atoms with van der Waals surface area (Å²) in [4.78, 5) is 40.7. The molecule has 0 saturated heterocycles. The van der Waals surface area contributed by atoms with Crippen LogP contribution in [0.2, 0.25) is 0 Å². The first-order valence-corrected chi connectivity index (χ1v) is 8.60. The molecule has 0 saturated carbocycles. The van der Waals surface area contributed by atoms with Crippen LogP contribution in [0.1, 0.15) is 16.2 Å². The zero-order valence-electron chi connectivity index (χ0n) is 15.5. The van der Waals surface area contributed by atoms with Gasteiger partial charge in [-0.3, -0.25) is 14.2 Å². The number of hydrogen-bond donors (Lipinski definition) is 1. The van der Waals surface area contributed by atoms with Gasteiger partial charge in [0.25, 0.3) is 5.56 Å². The summed E-state index contributed by atoms with van der Waals surface area (Å²) in [6, 6.07) is 17.1. The Morgan fingerprint density at radius 1 is 1.07 bits per heavy atom. The van der Waals surface area contributed by atoms with Gasteiger partial charge in [-0.1, -0.05) is 30.3 Å². The number of amides is 1. The van der Waals surface area contributed by atoms with E-state index in [9.17, 15) is 14.4 Å². The molecular formula is C21H19N3O4. The molecule has 0 atom stereocenters. The Kier molecular flexibility index (Phi) is 5.64. The Morgan fingerprint density at radius 2 is 1.75 bits per heavy atom. The Bertz CT molecular complexity index is 1060. The second-order valence-corrected chi connectivity index (χ2v) is 6.10. The number of carbonyl (C=O) groups is 2. The lowest BCUT2D eigenvalue weighted by atomic mass is 10.1. The van der Waals surface area contributed by atoms with Crippen molar-refractivity contribution in [1.82, 2.24) is 9.55 Å². The third-order valence-electron chi connectivity index (χ3n) is 4.16. The van der Waals surface area contributed by atoms with Crippen molar-refractivity contribution in [3.8, 4) is 11.3 Å². The number of anilines is 1. The number of carbonyl (C=O) groups excluding carboxylic acids is 2. The van der Waals surface area contributed by atoms with E-state index >= 15 is 0 Å². The van der Waals surface area contributed by atoms with Gasteiger partial charge in [-0.2, -0.15) is 0 Å². The van der Waals surface area contributed by atoms with E-state index in [1.54, 1.807) is 31.2 Å². The van der Waals surface area contributed by atoms with Crippen molar-refractivity contribution in [3.05, 3.63) is 82.4 Å². The molecule has 142 valence electrons. The van der Waals surface area contributed by atoms with E-state index in [1.807, 2.05) is 30.3 Å². The molecule has 1 heterocycles. The van der Waals surface area contributed by atoms with Crippen LogP contribution in [0.15, 0.2) is 65.5 Å². The van der Waals surface area contributed by atoms with Crippen molar-refractivity contribution in [2.75, 3.05) is 12.4 Å². The molecule has 0 aliphatic rings. The van der Waals surface area contributed by atoms with Crippen molar-refractivity contribution in [1.29, 1.82) is 0 Å². The molecule has 0 spiro atoms. The van der Waals surface area contributed by atoms with Gasteiger partial charge >= 0.3 is 5.97 Å². The SMILES string of the molecule is COC(=O)c1ccc(NC(=O)Cn2c(C)nc(-c3ccccc3)cc2=O)cc1. The lowest BCUT2D eigenvalue weighted by molar-refractivity contribution is -0.116. The standard InChI is InChI=1S/C21H19N3O4/c1-14-22-18(15-6-4-3-5-7-15)12-20(26)24(14)13-19(25)23-17-10-8-16(9-11-17)21(27)28-2/h3-12H,13H2,1-2H3,(H,23,25). The summed E-state index contributed by atoms with van der Waals surface area (Å²) in [5.41, 5.74) is 2.00. The van der Waals surface area contributed by atoms with Gasteiger partial charge in [0.1, 0.15) is 12.4 Å². The summed E-state index contributed by atoms with van der Waals surface area (Å²) in [7, 11) is 1.30. The molecule has 0 unspecified atom stereocenters. The van der Waals surface area contributed by atoms with E-state index in [4.69, 9.17) is 0 Å². The highest BCUT2D eigenvalue weighted by Gasteiger charge is 2.11. The minimum absolute atomic E-state index is 0.161. The fraction of sp³-hybridized carbons (Fsp3) is 0.143. The van der Waals surface area contributed by atoms with Crippen LogP contribution in [0.5, 0.6) is 0 Å². The summed E-state index contributed by atoms with van der Waals surface area (Å²) in [6.07, 6.45) is 0. The molecule has 0 fully saturated rings. The number of nitrogens with one attached hydrogen (secondary N) is 1. The Morgan fingerprint density at radius 3 is 2.36 bits per heavy atom. The van der Waals surface area contributed by atoms with Crippen molar-refractivity contribution in [2.24, 2.45) is 0 Å². The maximum Gasteiger partial charge on any atom is 0.337 e. The smallest absolute Gasteiger partial charge is 0.337 e. The van der Waals surface area contributed by atoms with Crippen LogP contribution in [0.25, 0.3) is 11.3 Å². The highest BCUT2D eigenvalue weighted by atomic mass is 16.5. The van der Waals surface area contributed by atoms with Gasteiger partial charge in [0.15, 0.2) is 0 Å². The molecule has 0 aliphatic carbocycles. The van der Waals surface area contributed by atoms with Crippen LogP contribution < -0.4 is 10.9 Å². The zero-order chi connectivity index (χ0) is 20.1. The Balaban J connectivity index is 1.74. The molecule has 3 rings (SSSR count). The molecule has 1 N–H and O–H groups in total. The minimum Gasteiger partial charge on any atom is -0.465 e. The third kappa shape index (κ3) is 4.32. The molecule has 3 aromatic rings. The van der Waals surface area contributed by atoms with Crippen molar-refractivity contribution < 1.29 is 14.3 Å². The number of rotatable bonds is 5. The second kappa shape index (κ2) is 8.30. The molecule has 1 aromatic heterocycles. The maximum absolute atomic E-state index is 12.5. The maximum atomic E-state index is 12.5. The van der Waals surface area contributed by atoms with E-state index in [2.05, 4.69) is 15.0 Å². The number of nitrogens with zero attached hydrogens (tertiary/aromatic N) is 2. The first-order chi connectivity index (χ1) is 13.5. The summed E-state index contributed by atoms with van der Waals surface area (Å²) >= 11 is 0. The van der Waals surface area contributed by atoms with E-state index in [0.717, 1.165) is 5.56 Å². The van der Waals surface area contributed by atoms with Gasteiger partial charge in [0.2, 0.25) is 5.91 Å². The molecular weight excluding hydrogens is 358 g/mol. The van der Waals surface area contributed by atoms with Gasteiger partial charge in [-0.15, -0.1) is 0 Å². The monoisotopic (exact) mass is 377 g/mol. The van der Waals surface area contributed by atoms with Crippen LogP contribution in [0.3, 0.4) is 0 Å². The minimum atomic E-state index is -0.454. The van der Waals surface area contributed by atoms with Gasteiger partial charge in [-0.25, -0.2) is 9.78 Å².